The zero-order valence-electron chi connectivity index (χ0n) is 9.64. The summed E-state index contributed by atoms with van der Waals surface area (Å²) in [4.78, 5) is 13.0. The summed E-state index contributed by atoms with van der Waals surface area (Å²) in [6, 6.07) is 7.66. The zero-order chi connectivity index (χ0) is 12.3. The van der Waals surface area contributed by atoms with Crippen molar-refractivity contribution in [2.24, 2.45) is 5.92 Å². The molecule has 0 aliphatic carbocycles. The highest BCUT2D eigenvalue weighted by atomic mass is 79.9. The lowest BCUT2D eigenvalue weighted by Gasteiger charge is -2.28. The van der Waals surface area contributed by atoms with Crippen LogP contribution in [0.4, 0.5) is 0 Å². The Morgan fingerprint density at radius 3 is 2.19 bits per heavy atom. The Bertz CT molecular complexity index is 362. The quantitative estimate of drug-likeness (QED) is 0.925. The number of hydrogen-bond acceptors (Lipinski definition) is 2. The first-order valence-corrected chi connectivity index (χ1v) is 5.87. The maximum Gasteiger partial charge on any atom is 0.308 e. The van der Waals surface area contributed by atoms with Crippen LogP contribution in [0, 0.1) is 5.92 Å². The zero-order valence-corrected chi connectivity index (χ0v) is 11.2. The Morgan fingerprint density at radius 1 is 1.31 bits per heavy atom. The van der Waals surface area contributed by atoms with Gasteiger partial charge in [0.25, 0.3) is 0 Å². The van der Waals surface area contributed by atoms with E-state index in [-0.39, 0.29) is 6.04 Å². The predicted molar refractivity (Wildman–Crippen MR) is 67.4 cm³/mol. The number of hydrogen-bond donors (Lipinski definition) is 1. The van der Waals surface area contributed by atoms with E-state index in [2.05, 4.69) is 15.9 Å². The van der Waals surface area contributed by atoms with E-state index in [0.717, 1.165) is 10.0 Å². The van der Waals surface area contributed by atoms with Crippen molar-refractivity contribution in [2.45, 2.75) is 13.0 Å². The highest BCUT2D eigenvalue weighted by molar-refractivity contribution is 9.10. The first kappa shape index (κ1) is 13.2. The van der Waals surface area contributed by atoms with Gasteiger partial charge in [0.1, 0.15) is 0 Å². The third kappa shape index (κ3) is 3.06. The smallest absolute Gasteiger partial charge is 0.308 e. The summed E-state index contributed by atoms with van der Waals surface area (Å²) in [5.41, 5.74) is 1.02. The Labute approximate surface area is 104 Å². The molecule has 0 bridgehead atoms. The number of carboxylic acid groups (broad SMARTS) is 1. The Hall–Kier alpha value is -0.870. The number of rotatable bonds is 4. The van der Waals surface area contributed by atoms with Gasteiger partial charge >= 0.3 is 5.97 Å². The van der Waals surface area contributed by atoms with E-state index in [1.807, 2.05) is 43.3 Å². The molecule has 0 saturated heterocycles. The summed E-state index contributed by atoms with van der Waals surface area (Å²) in [6.45, 7) is 1.73. The van der Waals surface area contributed by atoms with Gasteiger partial charge in [0.2, 0.25) is 0 Å². The van der Waals surface area contributed by atoms with Gasteiger partial charge in [-0.1, -0.05) is 35.0 Å². The molecule has 1 aromatic carbocycles. The highest BCUT2D eigenvalue weighted by Gasteiger charge is 2.26. The Balaban J connectivity index is 3.03. The second-order valence-electron chi connectivity index (χ2n) is 4.09. The molecule has 0 amide bonds. The second kappa shape index (κ2) is 5.46. The van der Waals surface area contributed by atoms with E-state index in [1.165, 1.54) is 0 Å². The molecule has 1 rings (SSSR count). The van der Waals surface area contributed by atoms with Gasteiger partial charge in [0.15, 0.2) is 0 Å². The van der Waals surface area contributed by atoms with Crippen molar-refractivity contribution in [3.05, 3.63) is 34.3 Å². The third-order valence-electron chi connectivity index (χ3n) is 2.63. The van der Waals surface area contributed by atoms with Crippen LogP contribution in [0.3, 0.4) is 0 Å². The van der Waals surface area contributed by atoms with Crippen molar-refractivity contribution in [1.82, 2.24) is 4.90 Å². The molecule has 2 unspecified atom stereocenters. The van der Waals surface area contributed by atoms with E-state index in [1.54, 1.807) is 6.92 Å². The fraction of sp³-hybridized carbons (Fsp3) is 0.417. The minimum absolute atomic E-state index is 0.106. The van der Waals surface area contributed by atoms with E-state index in [9.17, 15) is 4.79 Å². The number of carbonyl (C=O) groups is 1. The summed E-state index contributed by atoms with van der Waals surface area (Å²) in [6.07, 6.45) is 0. The van der Waals surface area contributed by atoms with Gasteiger partial charge in [-0.25, -0.2) is 0 Å². The fourth-order valence-electron chi connectivity index (χ4n) is 1.83. The van der Waals surface area contributed by atoms with E-state index < -0.39 is 11.9 Å². The number of benzene rings is 1. The molecule has 0 radical (unpaired) electrons. The molecule has 0 aliphatic heterocycles. The second-order valence-corrected chi connectivity index (χ2v) is 5.00. The van der Waals surface area contributed by atoms with Crippen LogP contribution in [0.2, 0.25) is 0 Å². The minimum Gasteiger partial charge on any atom is -0.481 e. The largest absolute Gasteiger partial charge is 0.481 e. The molecule has 1 aromatic rings. The normalized spacial score (nSPS) is 14.8. The number of halogens is 1. The van der Waals surface area contributed by atoms with Crippen molar-refractivity contribution in [3.63, 3.8) is 0 Å². The van der Waals surface area contributed by atoms with Crippen LogP contribution in [0.25, 0.3) is 0 Å². The van der Waals surface area contributed by atoms with Gasteiger partial charge in [-0.3, -0.25) is 4.79 Å². The number of aliphatic carboxylic acids is 1. The Morgan fingerprint density at radius 2 is 1.81 bits per heavy atom. The molecule has 0 aromatic heterocycles. The Kier molecular flexibility index (Phi) is 4.50. The number of nitrogens with zero attached hydrogens (tertiary/aromatic N) is 1. The minimum atomic E-state index is -0.776. The monoisotopic (exact) mass is 285 g/mol. The lowest BCUT2D eigenvalue weighted by atomic mass is 9.94. The molecular formula is C12H16BrNO2. The average molecular weight is 286 g/mol. The van der Waals surface area contributed by atoms with E-state index in [0.29, 0.717) is 0 Å². The molecule has 2 atom stereocenters. The van der Waals surface area contributed by atoms with Gasteiger partial charge in [0, 0.05) is 10.5 Å². The predicted octanol–water partition coefficient (Wildman–Crippen LogP) is 2.77. The van der Waals surface area contributed by atoms with Gasteiger partial charge in [-0.15, -0.1) is 0 Å². The van der Waals surface area contributed by atoms with Crippen LogP contribution in [-0.2, 0) is 4.79 Å². The average Bonchev–Trinajstić information content (AvgIpc) is 2.20. The van der Waals surface area contributed by atoms with Gasteiger partial charge in [0.05, 0.1) is 5.92 Å². The molecule has 1 N–H and O–H groups in total. The molecule has 3 nitrogen and oxygen atoms in total. The molecule has 0 saturated carbocycles. The van der Waals surface area contributed by atoms with Crippen molar-refractivity contribution in [3.8, 4) is 0 Å². The van der Waals surface area contributed by atoms with Crippen LogP contribution in [0.1, 0.15) is 18.5 Å². The summed E-state index contributed by atoms with van der Waals surface area (Å²) in [7, 11) is 3.79. The van der Waals surface area contributed by atoms with Crippen LogP contribution >= 0.6 is 15.9 Å². The van der Waals surface area contributed by atoms with Crippen LogP contribution in [0.15, 0.2) is 28.7 Å². The van der Waals surface area contributed by atoms with Crippen LogP contribution in [-0.4, -0.2) is 30.1 Å². The summed E-state index contributed by atoms with van der Waals surface area (Å²) in [5, 5.41) is 9.08. The molecular weight excluding hydrogens is 270 g/mol. The van der Waals surface area contributed by atoms with Crippen molar-refractivity contribution in [1.29, 1.82) is 0 Å². The maximum absolute atomic E-state index is 11.0. The molecule has 88 valence electrons. The SMILES string of the molecule is CC(C(=O)O)C(c1ccc(Br)cc1)N(C)C. The van der Waals surface area contributed by atoms with E-state index >= 15 is 0 Å². The molecule has 4 heteroatoms. The maximum atomic E-state index is 11.0. The molecule has 16 heavy (non-hydrogen) atoms. The van der Waals surface area contributed by atoms with Gasteiger partial charge in [-0.05, 0) is 31.8 Å². The van der Waals surface area contributed by atoms with Gasteiger partial charge < -0.3 is 10.0 Å². The number of carboxylic acids is 1. The van der Waals surface area contributed by atoms with Gasteiger partial charge in [-0.2, -0.15) is 0 Å². The lowest BCUT2D eigenvalue weighted by molar-refractivity contribution is -0.143. The van der Waals surface area contributed by atoms with Crippen LogP contribution in [0.5, 0.6) is 0 Å². The fourth-order valence-corrected chi connectivity index (χ4v) is 2.09. The first-order valence-electron chi connectivity index (χ1n) is 5.08. The summed E-state index contributed by atoms with van der Waals surface area (Å²) >= 11 is 3.37. The lowest BCUT2D eigenvalue weighted by Crippen LogP contribution is -2.30. The molecule has 0 heterocycles. The molecule has 0 fully saturated rings. The summed E-state index contributed by atoms with van der Waals surface area (Å²) in [5.74, 6) is -1.21. The molecule has 0 aliphatic rings. The first-order chi connectivity index (χ1) is 7.43. The summed E-state index contributed by atoms with van der Waals surface area (Å²) < 4.78 is 0.997. The molecule has 0 spiro atoms. The highest BCUT2D eigenvalue weighted by Crippen LogP contribution is 2.27. The topological polar surface area (TPSA) is 40.5 Å². The van der Waals surface area contributed by atoms with E-state index in [4.69, 9.17) is 5.11 Å². The van der Waals surface area contributed by atoms with Crippen molar-refractivity contribution < 1.29 is 9.90 Å². The van der Waals surface area contributed by atoms with Crippen molar-refractivity contribution in [2.75, 3.05) is 14.1 Å². The van der Waals surface area contributed by atoms with Crippen molar-refractivity contribution >= 4 is 21.9 Å². The van der Waals surface area contributed by atoms with Crippen LogP contribution < -0.4 is 0 Å². The third-order valence-corrected chi connectivity index (χ3v) is 3.16. The standard InChI is InChI=1S/C12H16BrNO2/c1-8(12(15)16)11(14(2)3)9-4-6-10(13)7-5-9/h4-8,11H,1-3H3,(H,15,16).